The molecule has 0 radical (unpaired) electrons. The highest BCUT2D eigenvalue weighted by atomic mass is 19.1. The molecule has 8 nitrogen and oxygen atoms in total. The molecule has 0 spiro atoms. The van der Waals surface area contributed by atoms with Gasteiger partial charge in [0, 0.05) is 18.7 Å². The van der Waals surface area contributed by atoms with E-state index >= 15 is 0 Å². The highest BCUT2D eigenvalue weighted by Gasteiger charge is 2.24. The van der Waals surface area contributed by atoms with Crippen molar-refractivity contribution in [3.63, 3.8) is 0 Å². The van der Waals surface area contributed by atoms with Crippen molar-refractivity contribution in [3.8, 4) is 0 Å². The number of aromatic amines is 1. The molecule has 3 aromatic heterocycles. The van der Waals surface area contributed by atoms with Crippen molar-refractivity contribution >= 4 is 22.9 Å². The van der Waals surface area contributed by atoms with Gasteiger partial charge in [-0.2, -0.15) is 9.97 Å². The Balaban J connectivity index is 1.45. The first-order valence-electron chi connectivity index (χ1n) is 8.20. The SMILES string of the molecule is Nc1nc(N)c2[nH]c(C3CCN(Cc4ncccc4F)CC3)nc2n1. The van der Waals surface area contributed by atoms with Gasteiger partial charge >= 0.3 is 0 Å². The van der Waals surface area contributed by atoms with Gasteiger partial charge in [0.1, 0.15) is 17.2 Å². The maximum absolute atomic E-state index is 13.7. The number of nitrogens with zero attached hydrogens (tertiary/aromatic N) is 5. The summed E-state index contributed by atoms with van der Waals surface area (Å²) in [5.41, 5.74) is 13.1. The van der Waals surface area contributed by atoms with Gasteiger partial charge in [-0.15, -0.1) is 0 Å². The van der Waals surface area contributed by atoms with Crippen molar-refractivity contribution in [2.24, 2.45) is 0 Å². The summed E-state index contributed by atoms with van der Waals surface area (Å²) in [5.74, 6) is 1.30. The van der Waals surface area contributed by atoms with Crippen LogP contribution >= 0.6 is 0 Å². The normalized spacial score (nSPS) is 16.5. The lowest BCUT2D eigenvalue weighted by molar-refractivity contribution is 0.197. The van der Waals surface area contributed by atoms with Crippen LogP contribution in [-0.4, -0.2) is 42.9 Å². The van der Waals surface area contributed by atoms with Gasteiger partial charge in [-0.1, -0.05) is 0 Å². The van der Waals surface area contributed by atoms with Gasteiger partial charge < -0.3 is 16.5 Å². The van der Waals surface area contributed by atoms with E-state index in [2.05, 4.69) is 29.8 Å². The highest BCUT2D eigenvalue weighted by molar-refractivity contribution is 5.82. The molecule has 0 aliphatic carbocycles. The summed E-state index contributed by atoms with van der Waals surface area (Å²) in [6.45, 7) is 2.22. The Morgan fingerprint density at radius 1 is 1.20 bits per heavy atom. The van der Waals surface area contributed by atoms with E-state index in [9.17, 15) is 4.39 Å². The topological polar surface area (TPSA) is 123 Å². The van der Waals surface area contributed by atoms with Gasteiger partial charge in [-0.25, -0.2) is 9.37 Å². The van der Waals surface area contributed by atoms with E-state index in [1.165, 1.54) is 6.07 Å². The lowest BCUT2D eigenvalue weighted by Crippen LogP contribution is -2.33. The third kappa shape index (κ3) is 3.10. The van der Waals surface area contributed by atoms with E-state index < -0.39 is 0 Å². The van der Waals surface area contributed by atoms with Gasteiger partial charge in [0.05, 0.1) is 5.69 Å². The number of anilines is 2. The number of H-pyrrole nitrogens is 1. The fourth-order valence-electron chi connectivity index (χ4n) is 3.26. The molecule has 0 atom stereocenters. The van der Waals surface area contributed by atoms with Crippen LogP contribution in [0.25, 0.3) is 11.2 Å². The predicted molar refractivity (Wildman–Crippen MR) is 92.0 cm³/mol. The van der Waals surface area contributed by atoms with Crippen LogP contribution in [0.4, 0.5) is 16.2 Å². The van der Waals surface area contributed by atoms with Gasteiger partial charge in [-0.05, 0) is 38.1 Å². The second-order valence-corrected chi connectivity index (χ2v) is 6.27. The second-order valence-electron chi connectivity index (χ2n) is 6.27. The Bertz CT molecular complexity index is 900. The lowest BCUT2D eigenvalue weighted by atomic mass is 9.96. The Morgan fingerprint density at radius 2 is 2.00 bits per heavy atom. The van der Waals surface area contributed by atoms with E-state index in [-0.39, 0.29) is 17.7 Å². The van der Waals surface area contributed by atoms with Gasteiger partial charge in [-0.3, -0.25) is 9.88 Å². The van der Waals surface area contributed by atoms with Crippen LogP contribution in [0.1, 0.15) is 30.3 Å². The van der Waals surface area contributed by atoms with Crippen molar-refractivity contribution in [2.75, 3.05) is 24.6 Å². The Morgan fingerprint density at radius 3 is 2.76 bits per heavy atom. The number of piperidine rings is 1. The smallest absolute Gasteiger partial charge is 0.224 e. The second kappa shape index (κ2) is 6.25. The average Bonchev–Trinajstić information content (AvgIpc) is 3.02. The molecule has 4 heterocycles. The van der Waals surface area contributed by atoms with Crippen molar-refractivity contribution in [2.45, 2.75) is 25.3 Å². The van der Waals surface area contributed by atoms with Crippen LogP contribution in [0.15, 0.2) is 18.3 Å². The first-order chi connectivity index (χ1) is 12.1. The van der Waals surface area contributed by atoms with Gasteiger partial charge in [0.15, 0.2) is 11.5 Å². The number of likely N-dealkylation sites (tertiary alicyclic amines) is 1. The molecule has 3 aromatic rings. The molecule has 1 saturated heterocycles. The summed E-state index contributed by atoms with van der Waals surface area (Å²) in [6, 6.07) is 3.05. The molecular formula is C16H19FN8. The van der Waals surface area contributed by atoms with Crippen LogP contribution in [0.3, 0.4) is 0 Å². The Labute approximate surface area is 143 Å². The zero-order valence-electron chi connectivity index (χ0n) is 13.6. The number of aromatic nitrogens is 5. The molecule has 1 aliphatic rings. The van der Waals surface area contributed by atoms with Crippen molar-refractivity contribution < 1.29 is 4.39 Å². The summed E-state index contributed by atoms with van der Waals surface area (Å²) in [7, 11) is 0. The van der Waals surface area contributed by atoms with Crippen LogP contribution in [-0.2, 0) is 6.54 Å². The molecule has 1 aliphatic heterocycles. The zero-order valence-corrected chi connectivity index (χ0v) is 13.6. The van der Waals surface area contributed by atoms with E-state index in [1.807, 2.05) is 0 Å². The molecule has 0 amide bonds. The third-order valence-corrected chi connectivity index (χ3v) is 4.60. The first kappa shape index (κ1) is 15.7. The molecule has 4 rings (SSSR count). The number of fused-ring (bicyclic) bond motifs is 1. The molecule has 0 bridgehead atoms. The Kier molecular flexibility index (Phi) is 3.92. The minimum absolute atomic E-state index is 0.121. The maximum atomic E-state index is 13.7. The molecule has 25 heavy (non-hydrogen) atoms. The average molecular weight is 342 g/mol. The molecule has 9 heteroatoms. The van der Waals surface area contributed by atoms with E-state index in [1.54, 1.807) is 12.3 Å². The number of nitrogens with two attached hydrogens (primary N) is 2. The van der Waals surface area contributed by atoms with E-state index in [4.69, 9.17) is 11.5 Å². The largest absolute Gasteiger partial charge is 0.382 e. The summed E-state index contributed by atoms with van der Waals surface area (Å²) in [6.07, 6.45) is 3.45. The highest BCUT2D eigenvalue weighted by Crippen LogP contribution is 2.29. The zero-order chi connectivity index (χ0) is 17.4. The summed E-state index contributed by atoms with van der Waals surface area (Å²) in [5, 5.41) is 0. The molecular weight excluding hydrogens is 323 g/mol. The number of imidazole rings is 1. The van der Waals surface area contributed by atoms with Crippen LogP contribution in [0, 0.1) is 5.82 Å². The van der Waals surface area contributed by atoms with Crippen LogP contribution in [0.2, 0.25) is 0 Å². The number of rotatable bonds is 3. The molecule has 0 saturated carbocycles. The van der Waals surface area contributed by atoms with Gasteiger partial charge in [0.25, 0.3) is 0 Å². The monoisotopic (exact) mass is 342 g/mol. The fraction of sp³-hybridized carbons (Fsp3) is 0.375. The lowest BCUT2D eigenvalue weighted by Gasteiger charge is -2.30. The fourth-order valence-corrected chi connectivity index (χ4v) is 3.26. The first-order valence-corrected chi connectivity index (χ1v) is 8.20. The third-order valence-electron chi connectivity index (χ3n) is 4.60. The van der Waals surface area contributed by atoms with E-state index in [0.717, 1.165) is 31.8 Å². The molecule has 0 unspecified atom stereocenters. The van der Waals surface area contributed by atoms with Crippen molar-refractivity contribution in [1.82, 2.24) is 29.8 Å². The molecule has 0 aromatic carbocycles. The van der Waals surface area contributed by atoms with Gasteiger partial charge in [0.2, 0.25) is 5.95 Å². The number of nitrogens with one attached hydrogen (secondary N) is 1. The number of hydrogen-bond acceptors (Lipinski definition) is 7. The standard InChI is InChI=1S/C16H19FN8/c17-10-2-1-5-20-11(10)8-25-6-3-9(4-7-25)14-21-12-13(18)22-16(19)24-15(12)23-14/h1-2,5,9H,3-4,6-8H2,(H5,18,19,21,22,23,24). The number of hydrogen-bond donors (Lipinski definition) is 3. The minimum Gasteiger partial charge on any atom is -0.382 e. The predicted octanol–water partition coefficient (Wildman–Crippen LogP) is 1.43. The summed E-state index contributed by atoms with van der Waals surface area (Å²) < 4.78 is 13.7. The summed E-state index contributed by atoms with van der Waals surface area (Å²) in [4.78, 5) is 22.1. The van der Waals surface area contributed by atoms with Crippen molar-refractivity contribution in [3.05, 3.63) is 35.7 Å². The molecule has 1 fully saturated rings. The molecule has 5 N–H and O–H groups in total. The number of nitrogen functional groups attached to an aromatic ring is 2. The minimum atomic E-state index is -0.256. The maximum Gasteiger partial charge on any atom is 0.224 e. The summed E-state index contributed by atoms with van der Waals surface area (Å²) >= 11 is 0. The quantitative estimate of drug-likeness (QED) is 0.658. The number of pyridine rings is 1. The Hall–Kier alpha value is -2.81. The number of halogens is 1. The molecule has 130 valence electrons. The van der Waals surface area contributed by atoms with Crippen molar-refractivity contribution in [1.29, 1.82) is 0 Å². The van der Waals surface area contributed by atoms with Crippen LogP contribution in [0.5, 0.6) is 0 Å². The van der Waals surface area contributed by atoms with Crippen LogP contribution < -0.4 is 11.5 Å². The van der Waals surface area contributed by atoms with E-state index in [0.29, 0.717) is 29.2 Å².